The molecule has 1 aromatic carbocycles. The third-order valence-electron chi connectivity index (χ3n) is 3.12. The van der Waals surface area contributed by atoms with E-state index in [4.69, 9.17) is 11.6 Å². The van der Waals surface area contributed by atoms with Gasteiger partial charge in [0.05, 0.1) is 8.68 Å². The Morgan fingerprint density at radius 1 is 1.33 bits per heavy atom. The first kappa shape index (κ1) is 17.0. The molecule has 2 aromatic rings. The molecular weight excluding hydrogens is 394 g/mol. The van der Waals surface area contributed by atoms with E-state index in [1.807, 2.05) is 32.0 Å². The minimum absolute atomic E-state index is 0.269. The summed E-state index contributed by atoms with van der Waals surface area (Å²) in [5.41, 5.74) is 0.802. The molecule has 0 saturated heterocycles. The molecule has 1 aromatic heterocycles. The third-order valence-corrected chi connectivity index (χ3v) is 7.22. The number of benzene rings is 1. The molecule has 0 aliphatic carbocycles. The van der Waals surface area contributed by atoms with Gasteiger partial charge in [-0.15, -0.1) is 11.3 Å². The van der Waals surface area contributed by atoms with Crippen molar-refractivity contribution < 1.29 is 8.42 Å². The fourth-order valence-electron chi connectivity index (χ4n) is 2.01. The Morgan fingerprint density at radius 3 is 2.52 bits per heavy atom. The SMILES string of the molecule is CCN(Cc1ccccc1Cl)S(=O)(=O)c1cc(Br)sc1C. The van der Waals surface area contributed by atoms with Gasteiger partial charge in [0, 0.05) is 23.0 Å². The lowest BCUT2D eigenvalue weighted by Gasteiger charge is -2.21. The zero-order chi connectivity index (χ0) is 15.6. The van der Waals surface area contributed by atoms with Crippen LogP contribution in [0.3, 0.4) is 0 Å². The van der Waals surface area contributed by atoms with E-state index in [-0.39, 0.29) is 6.54 Å². The van der Waals surface area contributed by atoms with Gasteiger partial charge in [-0.25, -0.2) is 8.42 Å². The monoisotopic (exact) mass is 407 g/mol. The van der Waals surface area contributed by atoms with Crippen LogP contribution in [0.1, 0.15) is 17.4 Å². The first-order chi connectivity index (χ1) is 9.86. The maximum Gasteiger partial charge on any atom is 0.244 e. The summed E-state index contributed by atoms with van der Waals surface area (Å²) >= 11 is 10.9. The van der Waals surface area contributed by atoms with E-state index < -0.39 is 10.0 Å². The molecular formula is C14H15BrClNO2S2. The summed E-state index contributed by atoms with van der Waals surface area (Å²) in [4.78, 5) is 1.13. The predicted octanol–water partition coefficient (Wildman–Crippen LogP) is 4.68. The largest absolute Gasteiger partial charge is 0.244 e. The lowest BCUT2D eigenvalue weighted by atomic mass is 10.2. The van der Waals surface area contributed by atoms with Gasteiger partial charge >= 0.3 is 0 Å². The van der Waals surface area contributed by atoms with Crippen molar-refractivity contribution in [3.05, 3.63) is 49.6 Å². The van der Waals surface area contributed by atoms with Gasteiger partial charge in [0.25, 0.3) is 0 Å². The average molecular weight is 409 g/mol. The molecule has 0 aliphatic rings. The number of aryl methyl sites for hydroxylation is 1. The highest BCUT2D eigenvalue weighted by molar-refractivity contribution is 9.11. The lowest BCUT2D eigenvalue weighted by Crippen LogP contribution is -2.30. The van der Waals surface area contributed by atoms with Crippen LogP contribution in [-0.4, -0.2) is 19.3 Å². The van der Waals surface area contributed by atoms with Crippen LogP contribution in [0.25, 0.3) is 0 Å². The zero-order valence-electron chi connectivity index (χ0n) is 11.6. The van der Waals surface area contributed by atoms with Crippen LogP contribution in [-0.2, 0) is 16.6 Å². The fourth-order valence-corrected chi connectivity index (χ4v) is 6.02. The van der Waals surface area contributed by atoms with Gasteiger partial charge in [-0.05, 0) is 40.5 Å². The van der Waals surface area contributed by atoms with Crippen LogP contribution >= 0.6 is 38.9 Å². The van der Waals surface area contributed by atoms with Crippen LogP contribution < -0.4 is 0 Å². The molecule has 3 nitrogen and oxygen atoms in total. The van der Waals surface area contributed by atoms with E-state index in [1.54, 1.807) is 12.1 Å². The van der Waals surface area contributed by atoms with E-state index in [0.29, 0.717) is 16.5 Å². The Labute approximate surface area is 142 Å². The van der Waals surface area contributed by atoms with Gasteiger partial charge in [-0.2, -0.15) is 4.31 Å². The van der Waals surface area contributed by atoms with Crippen LogP contribution in [0, 0.1) is 6.92 Å². The fraction of sp³-hybridized carbons (Fsp3) is 0.286. The molecule has 0 unspecified atom stereocenters. The van der Waals surface area contributed by atoms with E-state index in [0.717, 1.165) is 14.2 Å². The second-order valence-electron chi connectivity index (χ2n) is 4.49. The molecule has 0 spiro atoms. The maximum absolute atomic E-state index is 12.8. The summed E-state index contributed by atoms with van der Waals surface area (Å²) in [5, 5.41) is 0.578. The van der Waals surface area contributed by atoms with Crippen molar-refractivity contribution in [2.75, 3.05) is 6.54 Å². The van der Waals surface area contributed by atoms with Crippen molar-refractivity contribution in [1.29, 1.82) is 0 Å². The normalized spacial score (nSPS) is 12.0. The van der Waals surface area contributed by atoms with Gasteiger partial charge in [0.15, 0.2) is 0 Å². The predicted molar refractivity (Wildman–Crippen MR) is 91.5 cm³/mol. The van der Waals surface area contributed by atoms with Gasteiger partial charge in [-0.3, -0.25) is 0 Å². The number of rotatable bonds is 5. The standard InChI is InChI=1S/C14H15BrClNO2S2/c1-3-17(9-11-6-4-5-7-12(11)16)21(18,19)13-8-14(15)20-10(13)2/h4-8H,3,9H2,1-2H3. The quantitative estimate of drug-likeness (QED) is 0.720. The number of hydrogen-bond donors (Lipinski definition) is 0. The van der Waals surface area contributed by atoms with Crippen LogP contribution in [0.4, 0.5) is 0 Å². The summed E-state index contributed by atoms with van der Waals surface area (Å²) in [7, 11) is -3.52. The highest BCUT2D eigenvalue weighted by Crippen LogP contribution is 2.32. The lowest BCUT2D eigenvalue weighted by molar-refractivity contribution is 0.423. The van der Waals surface area contributed by atoms with Gasteiger partial charge in [-0.1, -0.05) is 36.7 Å². The average Bonchev–Trinajstić information content (AvgIpc) is 2.77. The second kappa shape index (κ2) is 6.79. The minimum atomic E-state index is -3.52. The highest BCUT2D eigenvalue weighted by atomic mass is 79.9. The molecule has 0 atom stereocenters. The molecule has 7 heteroatoms. The number of thiophene rings is 1. The molecule has 0 bridgehead atoms. The molecule has 0 aliphatic heterocycles. The van der Waals surface area contributed by atoms with Crippen molar-refractivity contribution in [1.82, 2.24) is 4.31 Å². The van der Waals surface area contributed by atoms with Crippen molar-refractivity contribution >= 4 is 48.9 Å². The maximum atomic E-state index is 12.8. The summed E-state index contributed by atoms with van der Waals surface area (Å²) in [6.07, 6.45) is 0. The Bertz CT molecular complexity index is 743. The van der Waals surface area contributed by atoms with Crippen molar-refractivity contribution in [2.24, 2.45) is 0 Å². The molecule has 1 heterocycles. The first-order valence-corrected chi connectivity index (χ1v) is 9.78. The zero-order valence-corrected chi connectivity index (χ0v) is 15.6. The number of hydrogen-bond acceptors (Lipinski definition) is 3. The van der Waals surface area contributed by atoms with Crippen LogP contribution in [0.2, 0.25) is 5.02 Å². The number of nitrogens with zero attached hydrogens (tertiary/aromatic N) is 1. The second-order valence-corrected chi connectivity index (χ2v) is 9.44. The molecule has 0 saturated carbocycles. The van der Waals surface area contributed by atoms with E-state index >= 15 is 0 Å². The molecule has 2 rings (SSSR count). The van der Waals surface area contributed by atoms with Crippen LogP contribution in [0.15, 0.2) is 39.0 Å². The molecule has 0 amide bonds. The first-order valence-electron chi connectivity index (χ1n) is 6.35. The Kier molecular flexibility index (Phi) is 5.48. The summed E-state index contributed by atoms with van der Waals surface area (Å²) in [5.74, 6) is 0. The van der Waals surface area contributed by atoms with E-state index in [9.17, 15) is 8.42 Å². The highest BCUT2D eigenvalue weighted by Gasteiger charge is 2.27. The Morgan fingerprint density at radius 2 is 2.00 bits per heavy atom. The Hall–Kier alpha value is -0.400. The number of sulfonamides is 1. The van der Waals surface area contributed by atoms with Gasteiger partial charge < -0.3 is 0 Å². The minimum Gasteiger partial charge on any atom is -0.207 e. The summed E-state index contributed by atoms with van der Waals surface area (Å²) in [6.45, 7) is 4.29. The third kappa shape index (κ3) is 3.68. The van der Waals surface area contributed by atoms with Crippen molar-refractivity contribution in [2.45, 2.75) is 25.3 Å². The van der Waals surface area contributed by atoms with E-state index in [1.165, 1.54) is 15.6 Å². The number of halogens is 2. The molecule has 0 fully saturated rings. The molecule has 0 N–H and O–H groups in total. The summed E-state index contributed by atoms with van der Waals surface area (Å²) in [6, 6.07) is 8.95. The Balaban J connectivity index is 2.37. The van der Waals surface area contributed by atoms with Gasteiger partial charge in [0.2, 0.25) is 10.0 Å². The molecule has 0 radical (unpaired) electrons. The summed E-state index contributed by atoms with van der Waals surface area (Å²) < 4.78 is 27.8. The van der Waals surface area contributed by atoms with E-state index in [2.05, 4.69) is 15.9 Å². The van der Waals surface area contributed by atoms with Gasteiger partial charge in [0.1, 0.15) is 0 Å². The van der Waals surface area contributed by atoms with Crippen molar-refractivity contribution in [3.63, 3.8) is 0 Å². The smallest absolute Gasteiger partial charge is 0.207 e. The van der Waals surface area contributed by atoms with Crippen LogP contribution in [0.5, 0.6) is 0 Å². The molecule has 21 heavy (non-hydrogen) atoms. The molecule has 114 valence electrons. The topological polar surface area (TPSA) is 37.4 Å². The van der Waals surface area contributed by atoms with Crippen molar-refractivity contribution in [3.8, 4) is 0 Å².